The number of carbonyl (C=O) groups excluding carboxylic acids is 1. The van der Waals surface area contributed by atoms with Crippen LogP contribution >= 0.6 is 11.6 Å². The largest absolute Gasteiger partial charge is 0.352 e. The Morgan fingerprint density at radius 1 is 1.16 bits per heavy atom. The Labute approximate surface area is 150 Å². The third-order valence-electron chi connectivity index (χ3n) is 4.60. The van der Waals surface area contributed by atoms with Crippen LogP contribution < -0.4 is 4.90 Å². The van der Waals surface area contributed by atoms with E-state index in [9.17, 15) is 4.79 Å². The molecule has 2 aromatic heterocycles. The molecule has 0 saturated carbocycles. The molecule has 4 heterocycles. The molecule has 0 atom stereocenters. The number of fused-ring (bicyclic) bond motifs is 1. The lowest BCUT2D eigenvalue weighted by molar-refractivity contribution is 0.0721. The van der Waals surface area contributed by atoms with E-state index in [2.05, 4.69) is 32.2 Å². The number of nitrogens with zero attached hydrogens (tertiary/aromatic N) is 5. The molecule has 0 unspecified atom stereocenters. The molecule has 25 heavy (non-hydrogen) atoms. The van der Waals surface area contributed by atoms with Crippen LogP contribution in [0.25, 0.3) is 0 Å². The van der Waals surface area contributed by atoms with Crippen LogP contribution in [0.4, 0.5) is 5.82 Å². The molecule has 0 saturated heterocycles. The summed E-state index contributed by atoms with van der Waals surface area (Å²) in [4.78, 5) is 25.6. The van der Waals surface area contributed by atoms with E-state index < -0.39 is 0 Å². The Kier molecular flexibility index (Phi) is 4.40. The van der Waals surface area contributed by atoms with Crippen molar-refractivity contribution in [1.29, 1.82) is 0 Å². The lowest BCUT2D eigenvalue weighted by Crippen LogP contribution is -2.33. The van der Waals surface area contributed by atoms with Gasteiger partial charge in [0.15, 0.2) is 5.15 Å². The van der Waals surface area contributed by atoms with Crippen LogP contribution in [-0.2, 0) is 12.8 Å². The van der Waals surface area contributed by atoms with E-state index in [1.165, 1.54) is 6.07 Å². The van der Waals surface area contributed by atoms with Crippen LogP contribution in [0.1, 0.15) is 28.2 Å². The Bertz CT molecular complexity index is 819. The smallest absolute Gasteiger partial charge is 0.292 e. The van der Waals surface area contributed by atoms with Gasteiger partial charge in [0.1, 0.15) is 12.1 Å². The molecular formula is C17H18ClN5O2. The summed E-state index contributed by atoms with van der Waals surface area (Å²) in [5, 5.41) is 3.77. The summed E-state index contributed by atoms with van der Waals surface area (Å²) in [5.74, 6) is 0.970. The summed E-state index contributed by atoms with van der Waals surface area (Å²) in [6.45, 7) is 3.00. The molecule has 2 aliphatic rings. The first kappa shape index (κ1) is 16.1. The van der Waals surface area contributed by atoms with Gasteiger partial charge in [-0.15, -0.1) is 0 Å². The van der Waals surface area contributed by atoms with Crippen LogP contribution in [0.5, 0.6) is 0 Å². The zero-order valence-electron chi connectivity index (χ0n) is 13.7. The van der Waals surface area contributed by atoms with Gasteiger partial charge in [-0.1, -0.05) is 28.9 Å². The van der Waals surface area contributed by atoms with Gasteiger partial charge in [0.25, 0.3) is 5.91 Å². The minimum Gasteiger partial charge on any atom is -0.352 e. The van der Waals surface area contributed by atoms with Gasteiger partial charge in [0.2, 0.25) is 5.76 Å². The average molecular weight is 360 g/mol. The first-order valence-corrected chi connectivity index (χ1v) is 8.74. The van der Waals surface area contributed by atoms with Crippen LogP contribution in [0.15, 0.2) is 29.1 Å². The fraction of sp³-hybridized carbons (Fsp3) is 0.412. The van der Waals surface area contributed by atoms with E-state index in [1.54, 1.807) is 11.2 Å². The van der Waals surface area contributed by atoms with Gasteiger partial charge in [-0.3, -0.25) is 4.79 Å². The molecule has 0 aromatic carbocycles. The SMILES string of the molecule is O=C(c1cc(Cl)no1)N1CCc2ncnc(N3CC=CCC3)c2CC1. The van der Waals surface area contributed by atoms with Crippen molar-refractivity contribution in [3.63, 3.8) is 0 Å². The second-order valence-corrected chi connectivity index (χ2v) is 6.52. The quantitative estimate of drug-likeness (QED) is 0.764. The number of halogens is 1. The highest BCUT2D eigenvalue weighted by atomic mass is 35.5. The third kappa shape index (κ3) is 3.24. The van der Waals surface area contributed by atoms with E-state index in [-0.39, 0.29) is 16.8 Å². The maximum absolute atomic E-state index is 12.6. The normalized spacial score (nSPS) is 17.3. The molecule has 0 bridgehead atoms. The number of hydrogen-bond donors (Lipinski definition) is 0. The van der Waals surface area contributed by atoms with Crippen molar-refractivity contribution < 1.29 is 9.32 Å². The zero-order chi connectivity index (χ0) is 17.2. The predicted octanol–water partition coefficient (Wildman–Crippen LogP) is 2.13. The van der Waals surface area contributed by atoms with Crippen molar-refractivity contribution in [2.45, 2.75) is 19.3 Å². The van der Waals surface area contributed by atoms with E-state index in [1.807, 2.05) is 0 Å². The second-order valence-electron chi connectivity index (χ2n) is 6.13. The lowest BCUT2D eigenvalue weighted by atomic mass is 10.1. The van der Waals surface area contributed by atoms with Gasteiger partial charge < -0.3 is 14.3 Å². The first-order valence-electron chi connectivity index (χ1n) is 8.36. The Morgan fingerprint density at radius 3 is 2.80 bits per heavy atom. The Hall–Kier alpha value is -2.41. The van der Waals surface area contributed by atoms with E-state index in [0.29, 0.717) is 19.5 Å². The van der Waals surface area contributed by atoms with E-state index in [4.69, 9.17) is 16.1 Å². The van der Waals surface area contributed by atoms with Crippen molar-refractivity contribution in [3.8, 4) is 0 Å². The average Bonchev–Trinajstić information content (AvgIpc) is 2.96. The van der Waals surface area contributed by atoms with E-state index in [0.717, 1.165) is 43.0 Å². The second kappa shape index (κ2) is 6.84. The summed E-state index contributed by atoms with van der Waals surface area (Å²) >= 11 is 5.75. The molecule has 7 nitrogen and oxygen atoms in total. The van der Waals surface area contributed by atoms with Crippen LogP contribution in [0.2, 0.25) is 5.15 Å². The summed E-state index contributed by atoms with van der Waals surface area (Å²) in [5.41, 5.74) is 2.16. The number of hydrogen-bond acceptors (Lipinski definition) is 6. The van der Waals surface area contributed by atoms with E-state index >= 15 is 0 Å². The molecule has 0 fully saturated rings. The molecule has 8 heteroatoms. The highest BCUT2D eigenvalue weighted by Crippen LogP contribution is 2.25. The minimum absolute atomic E-state index is 0.170. The van der Waals surface area contributed by atoms with Crippen molar-refractivity contribution >= 4 is 23.3 Å². The molecular weight excluding hydrogens is 342 g/mol. The van der Waals surface area contributed by atoms with Gasteiger partial charge in [-0.05, 0) is 12.8 Å². The standard InChI is InChI=1S/C17H18ClN5O2/c18-15-10-14(25-21-15)17(24)23-8-4-12-13(5-9-23)19-11-20-16(12)22-6-2-1-3-7-22/h1-2,10-11H,3-9H2. The maximum Gasteiger partial charge on any atom is 0.292 e. The van der Waals surface area contributed by atoms with Crippen LogP contribution in [0, 0.1) is 0 Å². The van der Waals surface area contributed by atoms with Crippen molar-refractivity contribution in [1.82, 2.24) is 20.0 Å². The predicted molar refractivity (Wildman–Crippen MR) is 92.8 cm³/mol. The highest BCUT2D eigenvalue weighted by molar-refractivity contribution is 6.29. The minimum atomic E-state index is -0.192. The van der Waals surface area contributed by atoms with Gasteiger partial charge >= 0.3 is 0 Å². The number of aromatic nitrogens is 3. The summed E-state index contributed by atoms with van der Waals surface area (Å²) in [7, 11) is 0. The van der Waals surface area contributed by atoms with Crippen LogP contribution in [-0.4, -0.2) is 52.1 Å². The van der Waals surface area contributed by atoms with Gasteiger partial charge in [0.05, 0.1) is 5.69 Å². The lowest BCUT2D eigenvalue weighted by Gasteiger charge is -2.27. The molecule has 130 valence electrons. The Balaban J connectivity index is 1.55. The van der Waals surface area contributed by atoms with Crippen molar-refractivity contribution in [3.05, 3.63) is 46.7 Å². The van der Waals surface area contributed by atoms with Gasteiger partial charge in [0, 0.05) is 44.2 Å². The summed E-state index contributed by atoms with van der Waals surface area (Å²) in [6, 6.07) is 1.45. The fourth-order valence-corrected chi connectivity index (χ4v) is 3.46. The van der Waals surface area contributed by atoms with Crippen molar-refractivity contribution in [2.75, 3.05) is 31.1 Å². The monoisotopic (exact) mass is 359 g/mol. The molecule has 0 radical (unpaired) electrons. The summed E-state index contributed by atoms with van der Waals surface area (Å²) < 4.78 is 5.00. The Morgan fingerprint density at radius 2 is 2.04 bits per heavy atom. The molecule has 0 spiro atoms. The third-order valence-corrected chi connectivity index (χ3v) is 4.78. The van der Waals surface area contributed by atoms with Gasteiger partial charge in [-0.2, -0.15) is 0 Å². The number of anilines is 1. The highest BCUT2D eigenvalue weighted by Gasteiger charge is 2.26. The maximum atomic E-state index is 12.6. The summed E-state index contributed by atoms with van der Waals surface area (Å²) in [6.07, 6.45) is 8.43. The van der Waals surface area contributed by atoms with Crippen molar-refractivity contribution in [2.24, 2.45) is 0 Å². The molecule has 0 aliphatic carbocycles. The number of carbonyl (C=O) groups is 1. The van der Waals surface area contributed by atoms with Crippen LogP contribution in [0.3, 0.4) is 0 Å². The molecule has 1 amide bonds. The fourth-order valence-electron chi connectivity index (χ4n) is 3.33. The zero-order valence-corrected chi connectivity index (χ0v) is 14.4. The first-order chi connectivity index (χ1) is 12.2. The van der Waals surface area contributed by atoms with Gasteiger partial charge in [-0.25, -0.2) is 9.97 Å². The number of rotatable bonds is 2. The number of amides is 1. The molecule has 4 rings (SSSR count). The molecule has 0 N–H and O–H groups in total. The molecule has 2 aromatic rings. The molecule has 2 aliphatic heterocycles. The topological polar surface area (TPSA) is 75.4 Å².